The lowest BCUT2D eigenvalue weighted by Gasteiger charge is -2.46. The second-order valence-electron chi connectivity index (χ2n) is 9.92. The fourth-order valence-corrected chi connectivity index (χ4v) is 7.88. The number of ether oxygens (including phenoxy) is 1. The maximum Gasteiger partial charge on any atom is 0.407 e. The molecule has 13 heteroatoms. The number of amides is 2. The molecule has 4 rings (SSSR count). The Hall–Kier alpha value is -2.12. The number of benzene rings is 1. The molecule has 3 saturated heterocycles. The van der Waals surface area contributed by atoms with Gasteiger partial charge in [-0.2, -0.15) is 4.31 Å². The van der Waals surface area contributed by atoms with E-state index in [2.05, 4.69) is 4.90 Å². The zero-order valence-electron chi connectivity index (χ0n) is 20.2. The summed E-state index contributed by atoms with van der Waals surface area (Å²) in [6.45, 7) is 4.23. The van der Waals surface area contributed by atoms with Crippen LogP contribution in [0.25, 0.3) is 0 Å². The highest BCUT2D eigenvalue weighted by Gasteiger charge is 2.52. The minimum atomic E-state index is -3.89. The van der Waals surface area contributed by atoms with Gasteiger partial charge < -0.3 is 19.6 Å². The van der Waals surface area contributed by atoms with Crippen LogP contribution in [-0.4, -0.2) is 97.7 Å². The van der Waals surface area contributed by atoms with Gasteiger partial charge in [0.15, 0.2) is 0 Å². The third-order valence-corrected chi connectivity index (χ3v) is 10.1. The fraction of sp³-hybridized carbons (Fsp3) is 0.652. The Morgan fingerprint density at radius 2 is 1.94 bits per heavy atom. The molecular formula is C23H33ClN4O7S. The third kappa shape index (κ3) is 5.42. The Kier molecular flexibility index (Phi) is 8.01. The SMILES string of the molecule is Cc1ccc(Cl)cc1N1CCN(S(=O)(=O)CC2(C(=O)NO)CCN(C(=O)O)C([C@@H]3CCOC3)C2)CC1. The second kappa shape index (κ2) is 10.7. The maximum absolute atomic E-state index is 13.6. The number of nitrogens with one attached hydrogen (secondary N) is 1. The predicted molar refractivity (Wildman–Crippen MR) is 133 cm³/mol. The predicted octanol–water partition coefficient (Wildman–Crippen LogP) is 1.77. The molecule has 11 nitrogen and oxygen atoms in total. The summed E-state index contributed by atoms with van der Waals surface area (Å²) in [5, 5.41) is 19.8. The van der Waals surface area contributed by atoms with Gasteiger partial charge in [-0.25, -0.2) is 18.7 Å². The van der Waals surface area contributed by atoms with Crippen molar-refractivity contribution < 1.29 is 33.1 Å². The number of nitrogens with zero attached hydrogens (tertiary/aromatic N) is 3. The monoisotopic (exact) mass is 544 g/mol. The molecule has 0 radical (unpaired) electrons. The van der Waals surface area contributed by atoms with Gasteiger partial charge in [0, 0.05) is 62.0 Å². The van der Waals surface area contributed by atoms with Crippen LogP contribution in [0.4, 0.5) is 10.5 Å². The van der Waals surface area contributed by atoms with Crippen molar-refractivity contribution in [2.75, 3.05) is 56.6 Å². The van der Waals surface area contributed by atoms with Gasteiger partial charge in [0.1, 0.15) is 0 Å². The van der Waals surface area contributed by atoms with Crippen LogP contribution in [-0.2, 0) is 19.6 Å². The Bertz CT molecular complexity index is 1090. The van der Waals surface area contributed by atoms with E-state index in [1.807, 2.05) is 25.1 Å². The number of aryl methyl sites for hydroxylation is 1. The van der Waals surface area contributed by atoms with E-state index in [-0.39, 0.29) is 38.4 Å². The molecule has 3 N–H and O–H groups in total. The van der Waals surface area contributed by atoms with Crippen LogP contribution in [0.3, 0.4) is 0 Å². The molecule has 1 aromatic carbocycles. The van der Waals surface area contributed by atoms with Gasteiger partial charge in [-0.1, -0.05) is 17.7 Å². The highest BCUT2D eigenvalue weighted by Crippen LogP contribution is 2.41. The van der Waals surface area contributed by atoms with Crippen molar-refractivity contribution in [3.63, 3.8) is 0 Å². The van der Waals surface area contributed by atoms with Gasteiger partial charge in [0.2, 0.25) is 10.0 Å². The summed E-state index contributed by atoms with van der Waals surface area (Å²) in [6, 6.07) is 5.03. The zero-order valence-corrected chi connectivity index (χ0v) is 21.8. The van der Waals surface area contributed by atoms with Gasteiger partial charge in [-0.05, 0) is 43.9 Å². The van der Waals surface area contributed by atoms with Crippen LogP contribution in [0.5, 0.6) is 0 Å². The molecule has 36 heavy (non-hydrogen) atoms. The zero-order chi connectivity index (χ0) is 26.1. The summed E-state index contributed by atoms with van der Waals surface area (Å²) in [4.78, 5) is 28.2. The number of carbonyl (C=O) groups is 2. The second-order valence-corrected chi connectivity index (χ2v) is 12.3. The van der Waals surface area contributed by atoms with E-state index >= 15 is 0 Å². The van der Waals surface area contributed by atoms with E-state index in [4.69, 9.17) is 16.3 Å². The number of sulfonamides is 1. The molecule has 0 bridgehead atoms. The van der Waals surface area contributed by atoms with Crippen LogP contribution in [0.1, 0.15) is 24.8 Å². The van der Waals surface area contributed by atoms with E-state index in [9.17, 15) is 28.3 Å². The minimum absolute atomic E-state index is 0.000619. The van der Waals surface area contributed by atoms with Crippen molar-refractivity contribution in [2.24, 2.45) is 11.3 Å². The van der Waals surface area contributed by atoms with E-state index in [0.29, 0.717) is 37.7 Å². The Labute approximate surface area is 215 Å². The highest BCUT2D eigenvalue weighted by atomic mass is 35.5. The number of anilines is 1. The standard InChI is InChI=1S/C23H33ClN4O7S/c1-16-2-3-18(24)12-19(16)26-7-9-27(10-8-26)36(33,34)15-23(21(29)25-32)5-6-28(22(30)31)20(13-23)17-4-11-35-14-17/h2-3,12,17,20,32H,4-11,13-15H2,1H3,(H,25,29)(H,30,31)/t17-,20?,23?/m1/s1. The van der Waals surface area contributed by atoms with Crippen LogP contribution < -0.4 is 10.4 Å². The normalized spacial score (nSPS) is 27.8. The van der Waals surface area contributed by atoms with Gasteiger partial charge >= 0.3 is 6.09 Å². The smallest absolute Gasteiger partial charge is 0.407 e. The van der Waals surface area contributed by atoms with Crippen molar-refractivity contribution in [2.45, 2.75) is 32.2 Å². The van der Waals surface area contributed by atoms with E-state index < -0.39 is 39.2 Å². The van der Waals surface area contributed by atoms with Gasteiger partial charge in [-0.15, -0.1) is 0 Å². The maximum atomic E-state index is 13.6. The minimum Gasteiger partial charge on any atom is -0.465 e. The van der Waals surface area contributed by atoms with Gasteiger partial charge in [-0.3, -0.25) is 10.0 Å². The number of piperidine rings is 1. The lowest BCUT2D eigenvalue weighted by Crippen LogP contribution is -2.60. The van der Waals surface area contributed by atoms with Gasteiger partial charge in [0.05, 0.1) is 17.8 Å². The molecule has 1 aromatic rings. The van der Waals surface area contributed by atoms with Crippen LogP contribution in [0, 0.1) is 18.3 Å². The third-order valence-electron chi connectivity index (χ3n) is 7.77. The van der Waals surface area contributed by atoms with Crippen molar-refractivity contribution in [1.29, 1.82) is 0 Å². The first-order valence-corrected chi connectivity index (χ1v) is 14.1. The molecule has 3 aliphatic heterocycles. The summed E-state index contributed by atoms with van der Waals surface area (Å²) in [7, 11) is -3.89. The Balaban J connectivity index is 1.51. The Morgan fingerprint density at radius 1 is 1.22 bits per heavy atom. The van der Waals surface area contributed by atoms with E-state index in [1.54, 1.807) is 5.48 Å². The van der Waals surface area contributed by atoms with E-state index in [0.717, 1.165) is 11.3 Å². The molecule has 2 unspecified atom stereocenters. The summed E-state index contributed by atoms with van der Waals surface area (Å²) in [6.07, 6.45) is -0.486. The first-order valence-electron chi connectivity index (χ1n) is 12.1. The number of hydroxylamine groups is 1. The van der Waals surface area contributed by atoms with E-state index in [1.165, 1.54) is 9.21 Å². The molecule has 3 atom stereocenters. The number of carbonyl (C=O) groups excluding carboxylic acids is 1. The number of halogens is 1. The number of likely N-dealkylation sites (tertiary alicyclic amines) is 1. The molecule has 0 spiro atoms. The summed E-state index contributed by atoms with van der Waals surface area (Å²) in [5.74, 6) is -1.44. The average molecular weight is 545 g/mol. The largest absolute Gasteiger partial charge is 0.465 e. The number of piperazine rings is 1. The summed E-state index contributed by atoms with van der Waals surface area (Å²) in [5.41, 5.74) is 2.21. The van der Waals surface area contributed by atoms with Crippen molar-refractivity contribution >= 4 is 39.3 Å². The molecular weight excluding hydrogens is 512 g/mol. The van der Waals surface area contributed by atoms with Crippen LogP contribution in [0.2, 0.25) is 5.02 Å². The number of carboxylic acid groups (broad SMARTS) is 1. The average Bonchev–Trinajstić information content (AvgIpc) is 3.39. The molecule has 2 amide bonds. The van der Waals surface area contributed by atoms with Crippen molar-refractivity contribution in [3.8, 4) is 0 Å². The molecule has 200 valence electrons. The molecule has 0 aliphatic carbocycles. The number of hydrogen-bond acceptors (Lipinski definition) is 7. The summed E-state index contributed by atoms with van der Waals surface area (Å²) >= 11 is 6.15. The topological polar surface area (TPSA) is 140 Å². The quantitative estimate of drug-likeness (QED) is 0.363. The molecule has 0 saturated carbocycles. The lowest BCUT2D eigenvalue weighted by atomic mass is 9.73. The summed E-state index contributed by atoms with van der Waals surface area (Å²) < 4.78 is 33.9. The lowest BCUT2D eigenvalue weighted by molar-refractivity contribution is -0.143. The molecule has 0 aromatic heterocycles. The van der Waals surface area contributed by atoms with Crippen molar-refractivity contribution in [3.05, 3.63) is 28.8 Å². The number of hydrogen-bond donors (Lipinski definition) is 3. The van der Waals surface area contributed by atoms with Crippen LogP contribution in [0.15, 0.2) is 18.2 Å². The van der Waals surface area contributed by atoms with Crippen molar-refractivity contribution in [1.82, 2.24) is 14.7 Å². The molecule has 3 heterocycles. The van der Waals surface area contributed by atoms with Crippen LogP contribution >= 0.6 is 11.6 Å². The molecule has 3 fully saturated rings. The molecule has 3 aliphatic rings. The fourth-order valence-electron chi connectivity index (χ4n) is 5.72. The first kappa shape index (κ1) is 26.9. The highest BCUT2D eigenvalue weighted by molar-refractivity contribution is 7.89. The van der Waals surface area contributed by atoms with Gasteiger partial charge in [0.25, 0.3) is 5.91 Å². The Morgan fingerprint density at radius 3 is 2.56 bits per heavy atom. The number of rotatable bonds is 6. The first-order chi connectivity index (χ1) is 17.1.